The lowest BCUT2D eigenvalue weighted by Gasteiger charge is -2.22. The van der Waals surface area contributed by atoms with Crippen molar-refractivity contribution in [3.05, 3.63) is 28.2 Å². The molecule has 1 atom stereocenters. The zero-order valence-corrected chi connectivity index (χ0v) is 13.4. The number of nitrogens with one attached hydrogen (secondary N) is 1. The maximum atomic E-state index is 13.7. The second-order valence-electron chi connectivity index (χ2n) is 5.32. The third-order valence-corrected chi connectivity index (χ3v) is 2.70. The number of pyridine rings is 1. The molecular formula is C13H16BrFN2O4. The molecule has 0 radical (unpaired) electrons. The van der Waals surface area contributed by atoms with E-state index in [1.807, 2.05) is 0 Å². The maximum Gasteiger partial charge on any atom is 0.408 e. The van der Waals surface area contributed by atoms with Gasteiger partial charge in [-0.1, -0.05) is 0 Å². The van der Waals surface area contributed by atoms with Crippen molar-refractivity contribution in [3.63, 3.8) is 0 Å². The molecule has 116 valence electrons. The number of ether oxygens (including phenoxy) is 1. The predicted molar refractivity (Wildman–Crippen MR) is 76.4 cm³/mol. The first-order valence-corrected chi connectivity index (χ1v) is 6.90. The number of rotatable bonds is 4. The Morgan fingerprint density at radius 3 is 2.62 bits per heavy atom. The zero-order chi connectivity index (χ0) is 16.2. The second-order valence-corrected chi connectivity index (χ2v) is 6.24. The van der Waals surface area contributed by atoms with Crippen LogP contribution in [0.15, 0.2) is 16.7 Å². The fourth-order valence-corrected chi connectivity index (χ4v) is 1.74. The van der Waals surface area contributed by atoms with E-state index >= 15 is 0 Å². The van der Waals surface area contributed by atoms with Gasteiger partial charge in [0.05, 0.1) is 5.69 Å². The van der Waals surface area contributed by atoms with Crippen molar-refractivity contribution in [1.29, 1.82) is 0 Å². The van der Waals surface area contributed by atoms with Gasteiger partial charge in [0.15, 0.2) is 0 Å². The van der Waals surface area contributed by atoms with Crippen molar-refractivity contribution in [2.45, 2.75) is 38.8 Å². The Morgan fingerprint density at radius 1 is 1.52 bits per heavy atom. The van der Waals surface area contributed by atoms with E-state index in [1.165, 1.54) is 12.3 Å². The minimum absolute atomic E-state index is 0.0540. The quantitative estimate of drug-likeness (QED) is 0.858. The number of halogens is 2. The number of nitrogens with zero attached hydrogens (tertiary/aromatic N) is 1. The summed E-state index contributed by atoms with van der Waals surface area (Å²) in [6.45, 7) is 4.95. The fourth-order valence-electron chi connectivity index (χ4n) is 1.44. The first kappa shape index (κ1) is 17.4. The van der Waals surface area contributed by atoms with Gasteiger partial charge in [0.2, 0.25) is 0 Å². The van der Waals surface area contributed by atoms with Crippen LogP contribution in [0.4, 0.5) is 9.18 Å². The van der Waals surface area contributed by atoms with Crippen molar-refractivity contribution in [3.8, 4) is 0 Å². The molecular weight excluding hydrogens is 347 g/mol. The van der Waals surface area contributed by atoms with Crippen LogP contribution in [0.5, 0.6) is 0 Å². The van der Waals surface area contributed by atoms with Crippen LogP contribution in [0.25, 0.3) is 0 Å². The molecule has 1 amide bonds. The maximum absolute atomic E-state index is 13.7. The van der Waals surface area contributed by atoms with Gasteiger partial charge in [0.1, 0.15) is 17.5 Å². The summed E-state index contributed by atoms with van der Waals surface area (Å²) in [5.41, 5.74) is -0.810. The summed E-state index contributed by atoms with van der Waals surface area (Å²) in [6.07, 6.45) is 0.186. The Morgan fingerprint density at radius 2 is 2.14 bits per heavy atom. The lowest BCUT2D eigenvalue weighted by molar-refractivity contribution is -0.139. The Bertz CT molecular complexity index is 545. The van der Waals surface area contributed by atoms with E-state index in [2.05, 4.69) is 26.2 Å². The largest absolute Gasteiger partial charge is 0.480 e. The van der Waals surface area contributed by atoms with Gasteiger partial charge in [-0.15, -0.1) is 0 Å². The van der Waals surface area contributed by atoms with Crippen LogP contribution in [0, 0.1) is 5.82 Å². The normalized spacial score (nSPS) is 12.6. The van der Waals surface area contributed by atoms with Crippen LogP contribution in [-0.4, -0.2) is 33.8 Å². The van der Waals surface area contributed by atoms with E-state index in [9.17, 15) is 14.0 Å². The number of amides is 1. The van der Waals surface area contributed by atoms with E-state index in [0.29, 0.717) is 4.47 Å². The Balaban J connectivity index is 2.79. The molecule has 1 unspecified atom stereocenters. The molecule has 0 aliphatic heterocycles. The van der Waals surface area contributed by atoms with Crippen LogP contribution < -0.4 is 5.32 Å². The molecule has 2 N–H and O–H groups in total. The highest BCUT2D eigenvalue weighted by Crippen LogP contribution is 2.14. The summed E-state index contributed by atoms with van der Waals surface area (Å²) >= 11 is 3.06. The van der Waals surface area contributed by atoms with Crippen LogP contribution >= 0.6 is 15.9 Å². The fraction of sp³-hybridized carbons (Fsp3) is 0.462. The van der Waals surface area contributed by atoms with E-state index in [0.717, 1.165) is 0 Å². The molecule has 0 bridgehead atoms. The Kier molecular flexibility index (Phi) is 5.65. The summed E-state index contributed by atoms with van der Waals surface area (Å²) in [5, 5.41) is 11.3. The van der Waals surface area contributed by atoms with Gasteiger partial charge >= 0.3 is 12.1 Å². The molecule has 1 aromatic heterocycles. The van der Waals surface area contributed by atoms with E-state index in [4.69, 9.17) is 9.84 Å². The van der Waals surface area contributed by atoms with Crippen LogP contribution in [0.3, 0.4) is 0 Å². The highest BCUT2D eigenvalue weighted by Gasteiger charge is 2.25. The third-order valence-electron chi connectivity index (χ3n) is 2.27. The van der Waals surface area contributed by atoms with E-state index in [1.54, 1.807) is 20.8 Å². The zero-order valence-electron chi connectivity index (χ0n) is 11.8. The van der Waals surface area contributed by atoms with Gasteiger partial charge in [0.25, 0.3) is 0 Å². The van der Waals surface area contributed by atoms with Crippen LogP contribution in [0.2, 0.25) is 0 Å². The lowest BCUT2D eigenvalue weighted by Crippen LogP contribution is -2.44. The minimum atomic E-state index is -1.33. The number of carboxylic acid groups (broad SMARTS) is 1. The molecule has 1 aromatic rings. The van der Waals surface area contributed by atoms with Crippen molar-refractivity contribution in [2.75, 3.05) is 0 Å². The summed E-state index contributed by atoms with van der Waals surface area (Å²) in [4.78, 5) is 26.5. The number of carbonyl (C=O) groups is 2. The van der Waals surface area contributed by atoms with Crippen molar-refractivity contribution in [2.24, 2.45) is 0 Å². The Labute approximate surface area is 129 Å². The van der Waals surface area contributed by atoms with Gasteiger partial charge in [-0.25, -0.2) is 14.0 Å². The molecule has 0 saturated heterocycles. The highest BCUT2D eigenvalue weighted by atomic mass is 79.9. The monoisotopic (exact) mass is 362 g/mol. The van der Waals surface area contributed by atoms with Gasteiger partial charge in [-0.05, 0) is 42.8 Å². The SMILES string of the molecule is CC(C)(C)OC(=O)NC(Cc1ncc(Br)cc1F)C(=O)O. The molecule has 0 aromatic carbocycles. The van der Waals surface area contributed by atoms with Gasteiger partial charge in [-0.3, -0.25) is 4.98 Å². The highest BCUT2D eigenvalue weighted by molar-refractivity contribution is 9.10. The van der Waals surface area contributed by atoms with E-state index in [-0.39, 0.29) is 12.1 Å². The first-order chi connectivity index (χ1) is 9.58. The third kappa shape index (κ3) is 6.07. The van der Waals surface area contributed by atoms with Crippen LogP contribution in [-0.2, 0) is 16.0 Å². The molecule has 21 heavy (non-hydrogen) atoms. The molecule has 0 aliphatic carbocycles. The number of hydrogen-bond acceptors (Lipinski definition) is 4. The van der Waals surface area contributed by atoms with Crippen molar-refractivity contribution in [1.82, 2.24) is 10.3 Å². The Hall–Kier alpha value is -1.70. The van der Waals surface area contributed by atoms with E-state index < -0.39 is 29.5 Å². The number of alkyl carbamates (subject to hydrolysis) is 1. The number of aliphatic carboxylic acids is 1. The average Bonchev–Trinajstić information content (AvgIpc) is 2.28. The van der Waals surface area contributed by atoms with Gasteiger partial charge in [0, 0.05) is 17.1 Å². The molecule has 0 spiro atoms. The van der Waals surface area contributed by atoms with Gasteiger partial charge in [-0.2, -0.15) is 0 Å². The topological polar surface area (TPSA) is 88.5 Å². The number of hydrogen-bond donors (Lipinski definition) is 2. The predicted octanol–water partition coefficient (Wildman–Crippen LogP) is 2.50. The molecule has 0 aliphatic rings. The number of aromatic nitrogens is 1. The molecule has 0 saturated carbocycles. The summed E-state index contributed by atoms with van der Waals surface area (Å²) in [7, 11) is 0. The summed E-state index contributed by atoms with van der Waals surface area (Å²) < 4.78 is 19.1. The molecule has 1 rings (SSSR count). The smallest absolute Gasteiger partial charge is 0.408 e. The average molecular weight is 363 g/mol. The van der Waals surface area contributed by atoms with Crippen molar-refractivity contribution >= 4 is 28.0 Å². The van der Waals surface area contributed by atoms with Crippen molar-refractivity contribution < 1.29 is 23.8 Å². The molecule has 6 nitrogen and oxygen atoms in total. The number of carbonyl (C=O) groups excluding carboxylic acids is 1. The van der Waals surface area contributed by atoms with Gasteiger partial charge < -0.3 is 15.2 Å². The summed E-state index contributed by atoms with van der Waals surface area (Å²) in [6, 6.07) is -0.155. The molecule has 8 heteroatoms. The molecule has 0 fully saturated rings. The summed E-state index contributed by atoms with van der Waals surface area (Å²) in [5.74, 6) is -1.95. The number of carboxylic acids is 1. The lowest BCUT2D eigenvalue weighted by atomic mass is 10.1. The first-order valence-electron chi connectivity index (χ1n) is 6.11. The molecule has 1 heterocycles. The standard InChI is InChI=1S/C13H16BrFN2O4/c1-13(2,3)21-12(20)17-10(11(18)19)5-9-8(15)4-7(14)6-16-9/h4,6,10H,5H2,1-3H3,(H,17,20)(H,18,19). The van der Waals surface area contributed by atoms with Crippen LogP contribution in [0.1, 0.15) is 26.5 Å². The second kappa shape index (κ2) is 6.84. The minimum Gasteiger partial charge on any atom is -0.480 e.